The number of ether oxygens (including phenoxy) is 1. The fourth-order valence-corrected chi connectivity index (χ4v) is 3.00. The number of nitrogens with zero attached hydrogens (tertiary/aromatic N) is 2. The fourth-order valence-electron chi connectivity index (χ4n) is 3.00. The van der Waals surface area contributed by atoms with Crippen molar-refractivity contribution in [2.75, 3.05) is 0 Å². The van der Waals surface area contributed by atoms with Gasteiger partial charge >= 0.3 is 6.09 Å². The maximum absolute atomic E-state index is 13.0. The van der Waals surface area contributed by atoms with Crippen LogP contribution < -0.4 is 0 Å². The largest absolute Gasteiger partial charge is 0.422 e. The number of rotatable bonds is 4. The highest BCUT2D eigenvalue weighted by molar-refractivity contribution is 6.13. The number of hydrogen-bond acceptors (Lipinski definition) is 4. The second kappa shape index (κ2) is 7.25. The van der Waals surface area contributed by atoms with Crippen molar-refractivity contribution < 1.29 is 14.3 Å². The Balaban J connectivity index is 1.78. The van der Waals surface area contributed by atoms with Crippen LogP contribution in [0.2, 0.25) is 0 Å². The molecule has 2 amide bonds. The summed E-state index contributed by atoms with van der Waals surface area (Å²) >= 11 is 0. The van der Waals surface area contributed by atoms with E-state index in [0.717, 1.165) is 16.0 Å². The number of hydrogen-bond donors (Lipinski definition) is 0. The number of carbonyl (C=O) groups excluding carboxylic acids is 2. The minimum atomic E-state index is -0.670. The first-order valence-electron chi connectivity index (χ1n) is 8.52. The third-order valence-corrected chi connectivity index (χ3v) is 4.27. The Labute approximate surface area is 156 Å². The molecule has 0 saturated carbocycles. The van der Waals surface area contributed by atoms with Crippen LogP contribution in [-0.2, 0) is 16.1 Å². The lowest BCUT2D eigenvalue weighted by molar-refractivity contribution is -0.123. The van der Waals surface area contributed by atoms with E-state index in [1.165, 1.54) is 0 Å². The Morgan fingerprint density at radius 2 is 1.52 bits per heavy atom. The van der Waals surface area contributed by atoms with Crippen LogP contribution in [0.3, 0.4) is 0 Å². The van der Waals surface area contributed by atoms with Crippen LogP contribution >= 0.6 is 0 Å². The summed E-state index contributed by atoms with van der Waals surface area (Å²) in [5.41, 5.74) is 2.90. The SMILES string of the molecule is O=C1O/C(=C(\c2ccccc2)c2cccnc2)C(=O)N1Cc1ccccc1. The lowest BCUT2D eigenvalue weighted by Gasteiger charge is -2.11. The maximum Gasteiger partial charge on any atom is 0.422 e. The second-order valence-corrected chi connectivity index (χ2v) is 6.06. The van der Waals surface area contributed by atoms with Crippen LogP contribution in [0.25, 0.3) is 5.57 Å². The summed E-state index contributed by atoms with van der Waals surface area (Å²) < 4.78 is 5.42. The molecule has 0 unspecified atom stereocenters. The van der Waals surface area contributed by atoms with Gasteiger partial charge in [-0.1, -0.05) is 66.7 Å². The number of aromatic nitrogens is 1. The van der Waals surface area contributed by atoms with Crippen molar-refractivity contribution >= 4 is 17.6 Å². The highest BCUT2D eigenvalue weighted by Gasteiger charge is 2.39. The molecule has 1 saturated heterocycles. The Bertz CT molecular complexity index is 958. The molecule has 0 bridgehead atoms. The summed E-state index contributed by atoms with van der Waals surface area (Å²) in [5.74, 6) is -0.429. The van der Waals surface area contributed by atoms with Gasteiger partial charge < -0.3 is 4.74 Å². The molecule has 1 aromatic heterocycles. The maximum atomic E-state index is 13.0. The standard InChI is InChI=1S/C22H16N2O3/c25-21-20(27-22(26)24(21)15-16-8-3-1-4-9-16)19(17-10-5-2-6-11-17)18-12-7-13-23-14-18/h1-14H,15H2/b20-19+. The van der Waals surface area contributed by atoms with Crippen LogP contribution in [0.1, 0.15) is 16.7 Å². The molecule has 1 fully saturated rings. The molecule has 2 heterocycles. The molecular formula is C22H16N2O3. The van der Waals surface area contributed by atoms with Gasteiger partial charge in [0.05, 0.1) is 6.54 Å². The van der Waals surface area contributed by atoms with Gasteiger partial charge in [-0.15, -0.1) is 0 Å². The van der Waals surface area contributed by atoms with E-state index in [2.05, 4.69) is 4.98 Å². The van der Waals surface area contributed by atoms with Gasteiger partial charge in [0.25, 0.3) is 5.91 Å². The number of carbonyl (C=O) groups is 2. The normalized spacial score (nSPS) is 15.6. The molecule has 0 spiro atoms. The minimum Gasteiger partial charge on any atom is -0.403 e. The monoisotopic (exact) mass is 356 g/mol. The highest BCUT2D eigenvalue weighted by atomic mass is 16.6. The van der Waals surface area contributed by atoms with Gasteiger partial charge in [0, 0.05) is 23.5 Å². The number of cyclic esters (lactones) is 1. The molecule has 4 rings (SSSR count). The van der Waals surface area contributed by atoms with Crippen LogP contribution in [0.5, 0.6) is 0 Å². The molecule has 132 valence electrons. The van der Waals surface area contributed by atoms with E-state index in [0.29, 0.717) is 11.1 Å². The van der Waals surface area contributed by atoms with Crippen molar-refractivity contribution in [3.05, 3.63) is 108 Å². The van der Waals surface area contributed by atoms with E-state index in [4.69, 9.17) is 4.74 Å². The van der Waals surface area contributed by atoms with Crippen LogP contribution in [0, 0.1) is 0 Å². The van der Waals surface area contributed by atoms with Crippen molar-refractivity contribution in [2.24, 2.45) is 0 Å². The quantitative estimate of drug-likeness (QED) is 0.663. The van der Waals surface area contributed by atoms with E-state index >= 15 is 0 Å². The van der Waals surface area contributed by atoms with E-state index in [-0.39, 0.29) is 12.3 Å². The molecule has 1 aliphatic rings. The van der Waals surface area contributed by atoms with Gasteiger partial charge in [0.2, 0.25) is 5.76 Å². The Kier molecular flexibility index (Phi) is 4.49. The van der Waals surface area contributed by atoms with Gasteiger partial charge in [0.15, 0.2) is 0 Å². The Morgan fingerprint density at radius 1 is 0.852 bits per heavy atom. The number of amides is 2. The van der Waals surface area contributed by atoms with Crippen molar-refractivity contribution in [3.63, 3.8) is 0 Å². The minimum absolute atomic E-state index is 0.0233. The molecule has 27 heavy (non-hydrogen) atoms. The molecule has 3 aromatic rings. The number of pyridine rings is 1. The van der Waals surface area contributed by atoms with Gasteiger partial charge in [-0.05, 0) is 17.2 Å². The average molecular weight is 356 g/mol. The predicted octanol–water partition coefficient (Wildman–Crippen LogP) is 4.02. The molecule has 0 radical (unpaired) electrons. The zero-order valence-corrected chi connectivity index (χ0v) is 14.4. The summed E-state index contributed by atoms with van der Waals surface area (Å²) in [4.78, 5) is 30.7. The average Bonchev–Trinajstić information content (AvgIpc) is 2.99. The molecule has 2 aromatic carbocycles. The van der Waals surface area contributed by atoms with Gasteiger partial charge in [-0.25, -0.2) is 9.69 Å². The van der Waals surface area contributed by atoms with Crippen LogP contribution in [-0.4, -0.2) is 21.9 Å². The van der Waals surface area contributed by atoms with Crippen molar-refractivity contribution in [3.8, 4) is 0 Å². The summed E-state index contributed by atoms with van der Waals surface area (Å²) in [6.45, 7) is 0.164. The highest BCUT2D eigenvalue weighted by Crippen LogP contribution is 2.32. The smallest absolute Gasteiger partial charge is 0.403 e. The molecule has 5 nitrogen and oxygen atoms in total. The Morgan fingerprint density at radius 3 is 2.19 bits per heavy atom. The lowest BCUT2D eigenvalue weighted by Crippen LogP contribution is -2.28. The van der Waals surface area contributed by atoms with Crippen LogP contribution in [0.15, 0.2) is 90.9 Å². The predicted molar refractivity (Wildman–Crippen MR) is 100 cm³/mol. The van der Waals surface area contributed by atoms with Crippen molar-refractivity contribution in [2.45, 2.75) is 6.54 Å². The topological polar surface area (TPSA) is 59.5 Å². The zero-order chi connectivity index (χ0) is 18.6. The van der Waals surface area contributed by atoms with Crippen molar-refractivity contribution in [1.29, 1.82) is 0 Å². The molecule has 0 aliphatic carbocycles. The first kappa shape index (κ1) is 16.7. The summed E-state index contributed by atoms with van der Waals surface area (Å²) in [7, 11) is 0. The summed E-state index contributed by atoms with van der Waals surface area (Å²) in [5, 5.41) is 0. The van der Waals surface area contributed by atoms with Crippen molar-refractivity contribution in [1.82, 2.24) is 9.88 Å². The number of imide groups is 1. The first-order chi connectivity index (χ1) is 13.2. The van der Waals surface area contributed by atoms with Gasteiger partial charge in [-0.2, -0.15) is 0 Å². The number of benzene rings is 2. The molecule has 0 N–H and O–H groups in total. The molecular weight excluding hydrogens is 340 g/mol. The van der Waals surface area contributed by atoms with E-state index < -0.39 is 12.0 Å². The third kappa shape index (κ3) is 3.35. The zero-order valence-electron chi connectivity index (χ0n) is 14.4. The third-order valence-electron chi connectivity index (χ3n) is 4.27. The van der Waals surface area contributed by atoms with Gasteiger partial charge in [-0.3, -0.25) is 9.78 Å². The van der Waals surface area contributed by atoms with E-state index in [1.807, 2.05) is 66.7 Å². The fraction of sp³-hybridized carbons (Fsp3) is 0.0455. The molecule has 0 atom stereocenters. The molecule has 1 aliphatic heterocycles. The lowest BCUT2D eigenvalue weighted by atomic mass is 9.97. The van der Waals surface area contributed by atoms with Crippen LogP contribution in [0.4, 0.5) is 4.79 Å². The Hall–Kier alpha value is -3.73. The summed E-state index contributed by atoms with van der Waals surface area (Å²) in [6, 6.07) is 22.3. The summed E-state index contributed by atoms with van der Waals surface area (Å²) in [6.07, 6.45) is 2.63. The van der Waals surface area contributed by atoms with E-state index in [9.17, 15) is 9.59 Å². The van der Waals surface area contributed by atoms with E-state index in [1.54, 1.807) is 18.5 Å². The second-order valence-electron chi connectivity index (χ2n) is 6.06. The first-order valence-corrected chi connectivity index (χ1v) is 8.52. The molecule has 5 heteroatoms. The van der Waals surface area contributed by atoms with Gasteiger partial charge in [0.1, 0.15) is 0 Å².